The standard InChI is InChI=1S/C23H15FN4O/c1-12-17(9-16-6-7-20(29-16)14-4-3-5-15(24)8-14)21-13(2)19(11-26)23(27)28-22(21)18(12)10-25/h3-9H,1-2H3,(H2,27,28). The van der Waals surface area contributed by atoms with Crippen molar-refractivity contribution in [1.82, 2.24) is 4.98 Å². The van der Waals surface area contributed by atoms with Crippen LogP contribution in [0.2, 0.25) is 0 Å². The fourth-order valence-corrected chi connectivity index (χ4v) is 3.57. The number of hydrogen-bond donors (Lipinski definition) is 1. The van der Waals surface area contributed by atoms with Gasteiger partial charge < -0.3 is 10.2 Å². The first-order chi connectivity index (χ1) is 13.9. The zero-order valence-electron chi connectivity index (χ0n) is 15.7. The summed E-state index contributed by atoms with van der Waals surface area (Å²) in [5, 5.41) is 19.0. The largest absolute Gasteiger partial charge is 0.457 e. The minimum absolute atomic E-state index is 0.108. The van der Waals surface area contributed by atoms with Crippen LogP contribution in [0.15, 0.2) is 46.4 Å². The number of hydrogen-bond acceptors (Lipinski definition) is 5. The number of aromatic nitrogens is 1. The van der Waals surface area contributed by atoms with E-state index in [4.69, 9.17) is 10.2 Å². The maximum Gasteiger partial charge on any atom is 0.142 e. The Kier molecular flexibility index (Phi) is 4.26. The van der Waals surface area contributed by atoms with Crippen LogP contribution < -0.4 is 5.73 Å². The third-order valence-corrected chi connectivity index (χ3v) is 5.01. The van der Waals surface area contributed by atoms with Crippen molar-refractivity contribution in [2.45, 2.75) is 13.8 Å². The quantitative estimate of drug-likeness (QED) is 0.665. The van der Waals surface area contributed by atoms with Crippen molar-refractivity contribution < 1.29 is 8.81 Å². The predicted molar refractivity (Wildman–Crippen MR) is 108 cm³/mol. The molecule has 140 valence electrons. The van der Waals surface area contributed by atoms with Crippen LogP contribution in [0, 0.1) is 35.4 Å². The molecule has 0 radical (unpaired) electrons. The van der Waals surface area contributed by atoms with E-state index in [0.29, 0.717) is 45.0 Å². The average molecular weight is 382 g/mol. The van der Waals surface area contributed by atoms with Gasteiger partial charge in [-0.3, -0.25) is 0 Å². The van der Waals surface area contributed by atoms with Crippen LogP contribution in [0.3, 0.4) is 0 Å². The zero-order chi connectivity index (χ0) is 20.7. The fraction of sp³-hybridized carbons (Fsp3) is 0.0870. The maximum absolute atomic E-state index is 13.5. The monoisotopic (exact) mass is 382 g/mol. The lowest BCUT2D eigenvalue weighted by molar-refractivity contribution is 0.570. The minimum Gasteiger partial charge on any atom is -0.457 e. The second-order valence-electron chi connectivity index (χ2n) is 6.71. The normalized spacial score (nSPS) is 14.0. The highest BCUT2D eigenvalue weighted by atomic mass is 19.1. The van der Waals surface area contributed by atoms with Crippen LogP contribution in [0.25, 0.3) is 28.5 Å². The third kappa shape index (κ3) is 2.88. The molecule has 2 N–H and O–H groups in total. The lowest BCUT2D eigenvalue weighted by atomic mass is 9.96. The van der Waals surface area contributed by atoms with Crippen LogP contribution in [-0.4, -0.2) is 4.98 Å². The fourth-order valence-electron chi connectivity index (χ4n) is 3.57. The van der Waals surface area contributed by atoms with Crippen LogP contribution in [0.4, 0.5) is 10.2 Å². The summed E-state index contributed by atoms with van der Waals surface area (Å²) in [5.74, 6) is 0.835. The molecule has 1 aliphatic rings. The van der Waals surface area contributed by atoms with Crippen molar-refractivity contribution in [1.29, 1.82) is 10.5 Å². The van der Waals surface area contributed by atoms with E-state index in [0.717, 1.165) is 11.1 Å². The highest BCUT2D eigenvalue weighted by Gasteiger charge is 2.29. The van der Waals surface area contributed by atoms with Gasteiger partial charge in [-0.1, -0.05) is 12.1 Å². The molecule has 1 aromatic carbocycles. The van der Waals surface area contributed by atoms with Gasteiger partial charge in [0, 0.05) is 11.1 Å². The van der Waals surface area contributed by atoms with E-state index < -0.39 is 0 Å². The molecule has 4 rings (SSSR count). The van der Waals surface area contributed by atoms with E-state index in [9.17, 15) is 14.9 Å². The van der Waals surface area contributed by atoms with Crippen molar-refractivity contribution in [2.24, 2.45) is 0 Å². The summed E-state index contributed by atoms with van der Waals surface area (Å²) in [6.07, 6.45) is 1.80. The average Bonchev–Trinajstić information content (AvgIpc) is 3.25. The second kappa shape index (κ2) is 6.78. The molecular weight excluding hydrogens is 367 g/mol. The van der Waals surface area contributed by atoms with Crippen molar-refractivity contribution in [3.8, 4) is 23.5 Å². The molecule has 0 fully saturated rings. The van der Waals surface area contributed by atoms with E-state index in [-0.39, 0.29) is 11.6 Å². The number of nitriles is 2. The van der Waals surface area contributed by atoms with Gasteiger partial charge >= 0.3 is 0 Å². The molecule has 3 aromatic rings. The Morgan fingerprint density at radius 2 is 1.93 bits per heavy atom. The first-order valence-corrected chi connectivity index (χ1v) is 8.84. The Labute approximate surface area is 166 Å². The number of nitrogen functional groups attached to an aromatic ring is 1. The molecule has 1 aliphatic carbocycles. The third-order valence-electron chi connectivity index (χ3n) is 5.01. The molecule has 2 heterocycles. The molecule has 0 aliphatic heterocycles. The molecule has 0 unspecified atom stereocenters. The number of halogens is 1. The number of fused-ring (bicyclic) bond motifs is 1. The second-order valence-corrected chi connectivity index (χ2v) is 6.71. The first-order valence-electron chi connectivity index (χ1n) is 8.84. The summed E-state index contributed by atoms with van der Waals surface area (Å²) in [4.78, 5) is 4.30. The summed E-state index contributed by atoms with van der Waals surface area (Å²) in [7, 11) is 0. The van der Waals surface area contributed by atoms with Gasteiger partial charge in [0.15, 0.2) is 0 Å². The van der Waals surface area contributed by atoms with Gasteiger partial charge in [-0.25, -0.2) is 9.37 Å². The molecule has 0 bridgehead atoms. The Morgan fingerprint density at radius 3 is 2.62 bits per heavy atom. The molecule has 2 aromatic heterocycles. The summed E-state index contributed by atoms with van der Waals surface area (Å²) < 4.78 is 19.4. The molecule has 0 saturated heterocycles. The predicted octanol–water partition coefficient (Wildman–Crippen LogP) is 5.09. The Morgan fingerprint density at radius 1 is 1.14 bits per heavy atom. The Hall–Kier alpha value is -4.16. The molecule has 0 saturated carbocycles. The summed E-state index contributed by atoms with van der Waals surface area (Å²) in [6.45, 7) is 3.61. The summed E-state index contributed by atoms with van der Waals surface area (Å²) >= 11 is 0. The van der Waals surface area contributed by atoms with Crippen LogP contribution in [0.1, 0.15) is 35.1 Å². The van der Waals surface area contributed by atoms with Crippen LogP contribution >= 0.6 is 0 Å². The van der Waals surface area contributed by atoms with Gasteiger partial charge in [0.05, 0.1) is 16.8 Å². The first kappa shape index (κ1) is 18.2. The van der Waals surface area contributed by atoms with Gasteiger partial charge in [-0.2, -0.15) is 10.5 Å². The van der Waals surface area contributed by atoms with Crippen LogP contribution in [-0.2, 0) is 0 Å². The maximum atomic E-state index is 13.5. The zero-order valence-corrected chi connectivity index (χ0v) is 15.7. The highest BCUT2D eigenvalue weighted by Crippen LogP contribution is 2.44. The molecule has 0 spiro atoms. The number of benzene rings is 1. The lowest BCUT2D eigenvalue weighted by Gasteiger charge is -2.10. The van der Waals surface area contributed by atoms with Gasteiger partial charge in [0.25, 0.3) is 0 Å². The van der Waals surface area contributed by atoms with Crippen molar-refractivity contribution in [2.75, 3.05) is 5.73 Å². The van der Waals surface area contributed by atoms with Crippen molar-refractivity contribution in [3.05, 3.63) is 75.9 Å². The Balaban J connectivity index is 1.87. The Bertz CT molecular complexity index is 1320. The molecule has 6 heteroatoms. The number of pyridine rings is 1. The van der Waals surface area contributed by atoms with Crippen LogP contribution in [0.5, 0.6) is 0 Å². The van der Waals surface area contributed by atoms with E-state index in [1.807, 2.05) is 6.92 Å². The van der Waals surface area contributed by atoms with E-state index >= 15 is 0 Å². The summed E-state index contributed by atoms with van der Waals surface area (Å²) in [6, 6.07) is 13.9. The van der Waals surface area contributed by atoms with E-state index in [1.54, 1.807) is 37.3 Å². The van der Waals surface area contributed by atoms with Gasteiger partial charge in [-0.05, 0) is 60.9 Å². The number of furan rings is 1. The number of anilines is 1. The van der Waals surface area contributed by atoms with Gasteiger partial charge in [-0.15, -0.1) is 0 Å². The minimum atomic E-state index is -0.343. The molecule has 5 nitrogen and oxygen atoms in total. The topological polar surface area (TPSA) is 99.6 Å². The van der Waals surface area contributed by atoms with E-state index in [2.05, 4.69) is 17.1 Å². The molecule has 0 atom stereocenters. The molecule has 0 amide bonds. The van der Waals surface area contributed by atoms with Gasteiger partial charge in [0.2, 0.25) is 0 Å². The summed E-state index contributed by atoms with van der Waals surface area (Å²) in [5.41, 5.74) is 10.6. The lowest BCUT2D eigenvalue weighted by Crippen LogP contribution is -2.03. The number of nitrogens with zero attached hydrogens (tertiary/aromatic N) is 3. The number of rotatable bonds is 2. The molecular formula is C23H15FN4O. The highest BCUT2D eigenvalue weighted by molar-refractivity contribution is 6.08. The number of nitrogens with two attached hydrogens (primary N) is 1. The smallest absolute Gasteiger partial charge is 0.142 e. The van der Waals surface area contributed by atoms with Crippen molar-refractivity contribution in [3.63, 3.8) is 0 Å². The van der Waals surface area contributed by atoms with Gasteiger partial charge in [0.1, 0.15) is 35.3 Å². The number of allylic oxidation sites excluding steroid dienone is 3. The van der Waals surface area contributed by atoms with Crippen molar-refractivity contribution >= 4 is 23.0 Å². The SMILES string of the molecule is CC1=C(C#N)c2nc(N)c(C#N)c(C)c2C1=Cc1ccc(-c2cccc(F)c2)o1. The van der Waals surface area contributed by atoms with E-state index in [1.165, 1.54) is 12.1 Å². The molecule has 29 heavy (non-hydrogen) atoms.